The smallest absolute Gasteiger partial charge is 0.303 e. The summed E-state index contributed by atoms with van der Waals surface area (Å²) in [5.41, 5.74) is 2.88. The lowest BCUT2D eigenvalue weighted by atomic mass is 9.86. The van der Waals surface area contributed by atoms with Crippen molar-refractivity contribution < 1.29 is 33.8 Å². The van der Waals surface area contributed by atoms with Gasteiger partial charge >= 0.3 is 5.97 Å². The Hall–Kier alpha value is -10.7. The number of carboxylic acid groups (broad SMARTS) is 1. The van der Waals surface area contributed by atoms with Gasteiger partial charge in [-0.25, -0.2) is 39.9 Å². The summed E-state index contributed by atoms with van der Waals surface area (Å²) >= 11 is 12.4. The number of carbonyl (C=O) groups excluding carboxylic acids is 3. The quantitative estimate of drug-likeness (QED) is 0.0307. The molecule has 8 heterocycles. The van der Waals surface area contributed by atoms with Crippen LogP contribution in [0.4, 0.5) is 23.5 Å². The highest BCUT2D eigenvalue weighted by Gasteiger charge is 2.24. The molecule has 0 radical (unpaired) electrons. The van der Waals surface area contributed by atoms with Crippen molar-refractivity contribution in [2.45, 2.75) is 123 Å². The average Bonchev–Trinajstić information content (AvgIpc) is 0.829. The number of rotatable bonds is 20. The highest BCUT2D eigenvalue weighted by molar-refractivity contribution is 6.34. The molecule has 1 amide bonds. The third-order valence-corrected chi connectivity index (χ3v) is 16.0. The topological polar surface area (TPSA) is 273 Å². The molecular weight excluding hydrogens is 1300 g/mol. The molecule has 6 aromatic heterocycles. The molecule has 100 heavy (non-hydrogen) atoms. The average molecular weight is 1380 g/mol. The van der Waals surface area contributed by atoms with E-state index in [9.17, 15) is 19.2 Å². The number of ketones is 2. The minimum Gasteiger partial charge on any atom is -0.481 e. The van der Waals surface area contributed by atoms with E-state index < -0.39 is 5.97 Å². The number of fused-ring (bicyclic) bond motifs is 2. The zero-order valence-corrected chi connectivity index (χ0v) is 56.9. The van der Waals surface area contributed by atoms with Gasteiger partial charge in [0.2, 0.25) is 17.8 Å². The third kappa shape index (κ3) is 30.4. The van der Waals surface area contributed by atoms with Crippen molar-refractivity contribution in [3.63, 3.8) is 0 Å². The molecule has 21 nitrogen and oxygen atoms in total. The summed E-state index contributed by atoms with van der Waals surface area (Å²) in [5.74, 6) is 48.3. The molecule has 0 bridgehead atoms. The fraction of sp³-hybridized carbons (Fsp3) is 0.403. The molecule has 6 N–H and O–H groups in total. The number of hydrogen-bond acceptors (Lipinski definition) is 19. The van der Waals surface area contributed by atoms with Gasteiger partial charge in [0, 0.05) is 131 Å². The van der Waals surface area contributed by atoms with E-state index in [0.717, 1.165) is 124 Å². The summed E-state index contributed by atoms with van der Waals surface area (Å²) in [6, 6.07) is 12.5. The van der Waals surface area contributed by atoms with Crippen molar-refractivity contribution in [2.75, 3.05) is 87.0 Å². The number of ether oxygens (including phenoxy) is 2. The number of pyridine rings is 4. The highest BCUT2D eigenvalue weighted by Crippen LogP contribution is 2.30. The van der Waals surface area contributed by atoms with E-state index in [1.807, 2.05) is 36.4 Å². The predicted octanol–water partition coefficient (Wildman–Crippen LogP) is 9.34. The Balaban J connectivity index is 0.000000235. The van der Waals surface area contributed by atoms with E-state index in [0.29, 0.717) is 83.5 Å². The minimum absolute atomic E-state index is 0. The Morgan fingerprint density at radius 1 is 0.510 bits per heavy atom. The number of halogens is 2. The van der Waals surface area contributed by atoms with Crippen LogP contribution in [0.1, 0.15) is 109 Å². The number of nitrogens with one attached hydrogen (secondary N) is 5. The van der Waals surface area contributed by atoms with Crippen LogP contribution in [0.5, 0.6) is 0 Å². The summed E-state index contributed by atoms with van der Waals surface area (Å²) in [5, 5.41) is 28.3. The van der Waals surface area contributed by atoms with Gasteiger partial charge in [0.25, 0.3) is 0 Å². The molecule has 514 valence electrons. The monoisotopic (exact) mass is 1380 g/mol. The Morgan fingerprint density at radius 2 is 0.890 bits per heavy atom. The molecule has 4 fully saturated rings. The Bertz CT molecular complexity index is 4220. The van der Waals surface area contributed by atoms with Crippen LogP contribution in [-0.2, 0) is 41.5 Å². The first-order valence-electron chi connectivity index (χ1n) is 32.6. The summed E-state index contributed by atoms with van der Waals surface area (Å²) in [7, 11) is 0. The molecule has 2 aliphatic carbocycles. The normalized spacial score (nSPS) is 15.9. The Morgan fingerprint density at radius 3 is 1.25 bits per heavy atom. The molecule has 2 aliphatic heterocycles. The summed E-state index contributed by atoms with van der Waals surface area (Å²) < 4.78 is 10.3. The number of hydrogen-bond donors (Lipinski definition) is 6. The molecule has 23 heteroatoms. The Labute approximate surface area is 596 Å². The lowest BCUT2D eigenvalue weighted by Crippen LogP contribution is -2.40. The number of nitrogens with zero attached hydrogens (tertiary/aromatic N) is 9. The van der Waals surface area contributed by atoms with Gasteiger partial charge in [-0.1, -0.05) is 42.5 Å². The van der Waals surface area contributed by atoms with Gasteiger partial charge < -0.3 is 46.1 Å². The van der Waals surface area contributed by atoms with E-state index in [4.69, 9.17) is 37.8 Å². The maximum Gasteiger partial charge on any atom is 0.303 e. The standard InChI is InChI=1S/C28H34ClN7O3.C24H27ClN6O3.C20H6.C4H9NO.CH4/c29-27-26-21(9-10-30-27)3-7-24(35-26)34-22-4-1-19(2-5-22)16-31-28-32-17-20(18-33-28)15-23(37)6-8-25(38)36-11-13-39-14-12-36;25-23-22-17(9-10-26-23)3-7-20(31-22)30-18-4-1-15(2-5-18)12-27-24-28-13-16(14-29-24)11-19(32)6-8-21(33)34;1-3-5-7-9-11-13-15-17-19-20-18-16-14-12-10-8-6-4-2;1-3-6-4-2-5-1;/h3,7,9-10,17-19,22H,1-2,4-6,8,11-16H2,(H,34,35)(H,31,32,33);3,7,9-10,13-15,18H,1-2,4-6,8,11-12H2,(H,30,31)(H,33,34)(H,27,28,29);1-2H3;5H,1-4H2;1H4. The maximum atomic E-state index is 12.3. The first-order chi connectivity index (χ1) is 48.4. The summed E-state index contributed by atoms with van der Waals surface area (Å²) in [6.45, 7) is 11.2. The predicted molar refractivity (Wildman–Crippen MR) is 392 cm³/mol. The molecule has 2 saturated carbocycles. The lowest BCUT2D eigenvalue weighted by Gasteiger charge is -2.29. The molecule has 4 aliphatic rings. The van der Waals surface area contributed by atoms with Crippen molar-refractivity contribution in [2.24, 2.45) is 11.8 Å². The van der Waals surface area contributed by atoms with E-state index in [-0.39, 0.29) is 63.4 Å². The van der Waals surface area contributed by atoms with Gasteiger partial charge in [-0.05, 0) is 219 Å². The van der Waals surface area contributed by atoms with Gasteiger partial charge in [0.05, 0.1) is 32.8 Å². The van der Waals surface area contributed by atoms with Crippen LogP contribution in [0.3, 0.4) is 0 Å². The molecule has 0 unspecified atom stereocenters. The second-order valence-electron chi connectivity index (χ2n) is 22.7. The van der Waals surface area contributed by atoms with Gasteiger partial charge in [-0.15, -0.1) is 0 Å². The third-order valence-electron chi connectivity index (χ3n) is 15.5. The first kappa shape index (κ1) is 78.3. The molecule has 6 aromatic rings. The zero-order valence-electron chi connectivity index (χ0n) is 55.4. The van der Waals surface area contributed by atoms with Crippen LogP contribution in [-0.4, -0.2) is 151 Å². The second kappa shape index (κ2) is 45.7. The molecule has 2 saturated heterocycles. The van der Waals surface area contributed by atoms with Crippen LogP contribution in [0, 0.1) is 118 Å². The van der Waals surface area contributed by atoms with Crippen LogP contribution in [0.25, 0.3) is 21.8 Å². The summed E-state index contributed by atoms with van der Waals surface area (Å²) in [4.78, 5) is 83.5. The van der Waals surface area contributed by atoms with Gasteiger partial charge in [0.15, 0.2) is 10.3 Å². The van der Waals surface area contributed by atoms with Crippen molar-refractivity contribution in [1.82, 2.24) is 50.1 Å². The molecule has 0 atom stereocenters. The largest absolute Gasteiger partial charge is 0.481 e. The summed E-state index contributed by atoms with van der Waals surface area (Å²) in [6.07, 6.45) is 19.3. The van der Waals surface area contributed by atoms with Gasteiger partial charge in [-0.3, -0.25) is 19.2 Å². The highest BCUT2D eigenvalue weighted by atomic mass is 35.5. The number of morpholine rings is 2. The number of anilines is 4. The molecular formula is C77H80Cl2N14O7. The second-order valence-corrected chi connectivity index (χ2v) is 23.5. The van der Waals surface area contributed by atoms with Crippen molar-refractivity contribution >= 4 is 92.0 Å². The van der Waals surface area contributed by atoms with Gasteiger partial charge in [0.1, 0.15) is 34.2 Å². The number of aliphatic carboxylic acids is 1. The van der Waals surface area contributed by atoms with E-state index in [2.05, 4.69) is 173 Å². The molecule has 0 spiro atoms. The first-order valence-corrected chi connectivity index (χ1v) is 33.3. The lowest BCUT2D eigenvalue weighted by molar-refractivity contribution is -0.138. The van der Waals surface area contributed by atoms with E-state index >= 15 is 0 Å². The number of amides is 1. The fourth-order valence-electron chi connectivity index (χ4n) is 10.3. The number of Topliss-reactive ketones (excluding diaryl/α,β-unsaturated/α-hetero) is 2. The SMILES string of the molecule is C.C1COCCN1.CC#CC#CC#CC#CC#CC#CC#CC#CC#CC.O=C(CCC(=O)N1CCOCC1)Cc1cnc(NCC2CCC(Nc3ccc4ccnc(Cl)c4n3)CC2)nc1.O=C(O)CCC(=O)Cc1cnc(NCC2CCC(Nc3ccc4ccnc(Cl)c4n3)CC2)nc1. The molecule has 10 rings (SSSR count). The van der Waals surface area contributed by atoms with Gasteiger partial charge in [-0.2, -0.15) is 0 Å². The number of aromatic nitrogens is 8. The van der Waals surface area contributed by atoms with Crippen molar-refractivity contribution in [3.8, 4) is 107 Å². The zero-order chi connectivity index (χ0) is 69.9. The fourth-order valence-corrected chi connectivity index (χ4v) is 10.8. The minimum atomic E-state index is -0.971. The number of carbonyl (C=O) groups is 4. The van der Waals surface area contributed by atoms with Crippen molar-refractivity contribution in [1.29, 1.82) is 0 Å². The van der Waals surface area contributed by atoms with Crippen LogP contribution in [0.15, 0.2) is 73.6 Å². The number of carboxylic acids is 1. The van der Waals surface area contributed by atoms with E-state index in [1.54, 1.807) is 55.9 Å². The van der Waals surface area contributed by atoms with Crippen LogP contribution < -0.4 is 26.6 Å². The van der Waals surface area contributed by atoms with Crippen LogP contribution in [0.2, 0.25) is 10.3 Å². The maximum absolute atomic E-state index is 12.3. The van der Waals surface area contributed by atoms with Crippen LogP contribution >= 0.6 is 23.2 Å². The van der Waals surface area contributed by atoms with Crippen molar-refractivity contribution in [3.05, 3.63) is 95.0 Å². The Kier molecular flexibility index (Phi) is 35.8. The molecule has 0 aromatic carbocycles. The van der Waals surface area contributed by atoms with E-state index in [1.165, 1.54) is 0 Å².